The lowest BCUT2D eigenvalue weighted by atomic mass is 10.1. The van der Waals surface area contributed by atoms with Gasteiger partial charge in [0.2, 0.25) is 0 Å². The van der Waals surface area contributed by atoms with Gasteiger partial charge in [0, 0.05) is 5.56 Å². The van der Waals surface area contributed by atoms with Crippen molar-refractivity contribution in [1.29, 1.82) is 0 Å². The van der Waals surface area contributed by atoms with Gasteiger partial charge in [0.05, 0.1) is 5.69 Å². The van der Waals surface area contributed by atoms with Crippen molar-refractivity contribution < 1.29 is 4.79 Å². The molecule has 78 valence electrons. The van der Waals surface area contributed by atoms with Crippen LogP contribution in [0.5, 0.6) is 0 Å². The zero-order chi connectivity index (χ0) is 9.97. The molecule has 0 aliphatic heterocycles. The maximum absolute atomic E-state index is 10.8. The van der Waals surface area contributed by atoms with E-state index in [0.29, 0.717) is 5.69 Å². The van der Waals surface area contributed by atoms with Crippen LogP contribution in [-0.4, -0.2) is 16.1 Å². The van der Waals surface area contributed by atoms with Crippen LogP contribution < -0.4 is 5.73 Å². The quantitative estimate of drug-likeness (QED) is 0.812. The summed E-state index contributed by atoms with van der Waals surface area (Å²) < 4.78 is 0. The Labute approximate surface area is 92.9 Å². The summed E-state index contributed by atoms with van der Waals surface area (Å²) in [5.74, 6) is -0.500. The molecule has 0 aliphatic rings. The minimum Gasteiger partial charge on any atom is -0.364 e. The molecule has 2 aromatic rings. The summed E-state index contributed by atoms with van der Waals surface area (Å²) in [6, 6.07) is 11.2. The molecular weight excluding hydrogens is 214 g/mol. The lowest BCUT2D eigenvalue weighted by Crippen LogP contribution is -2.10. The Bertz CT molecular complexity index is 453. The molecule has 0 saturated heterocycles. The van der Waals surface area contributed by atoms with E-state index in [1.807, 2.05) is 30.3 Å². The molecule has 0 spiro atoms. The Hall–Kier alpha value is -1.81. The van der Waals surface area contributed by atoms with Crippen molar-refractivity contribution in [3.05, 3.63) is 42.1 Å². The van der Waals surface area contributed by atoms with Gasteiger partial charge in [0.15, 0.2) is 0 Å². The number of benzene rings is 1. The predicted molar refractivity (Wildman–Crippen MR) is 59.8 cm³/mol. The van der Waals surface area contributed by atoms with Crippen LogP contribution in [0, 0.1) is 0 Å². The van der Waals surface area contributed by atoms with E-state index in [-0.39, 0.29) is 12.4 Å². The zero-order valence-electron chi connectivity index (χ0n) is 7.81. The van der Waals surface area contributed by atoms with Gasteiger partial charge in [-0.15, -0.1) is 12.4 Å². The maximum atomic E-state index is 10.8. The first-order valence-corrected chi connectivity index (χ1v) is 4.18. The highest BCUT2D eigenvalue weighted by Gasteiger charge is 2.06. The third-order valence-corrected chi connectivity index (χ3v) is 1.91. The molecule has 0 atom stereocenters. The number of nitrogens with two attached hydrogens (primary N) is 1. The van der Waals surface area contributed by atoms with Crippen LogP contribution in [0.4, 0.5) is 0 Å². The van der Waals surface area contributed by atoms with Crippen LogP contribution in [0.25, 0.3) is 11.3 Å². The number of carbonyl (C=O) groups excluding carboxylic acids is 1. The van der Waals surface area contributed by atoms with Gasteiger partial charge in [0.25, 0.3) is 5.91 Å². The molecule has 0 unspecified atom stereocenters. The molecule has 3 N–H and O–H groups in total. The second kappa shape index (κ2) is 4.61. The Kier molecular flexibility index (Phi) is 3.46. The molecule has 15 heavy (non-hydrogen) atoms. The smallest absolute Gasteiger partial charge is 0.266 e. The van der Waals surface area contributed by atoms with E-state index in [0.717, 1.165) is 11.3 Å². The fourth-order valence-corrected chi connectivity index (χ4v) is 1.20. The number of halogens is 1. The summed E-state index contributed by atoms with van der Waals surface area (Å²) >= 11 is 0. The normalized spacial score (nSPS) is 9.33. The van der Waals surface area contributed by atoms with Crippen LogP contribution in [0.1, 0.15) is 10.5 Å². The Morgan fingerprint density at radius 2 is 1.93 bits per heavy atom. The highest BCUT2D eigenvalue weighted by Crippen LogP contribution is 2.16. The molecule has 4 nitrogen and oxygen atoms in total. The molecule has 1 aromatic heterocycles. The van der Waals surface area contributed by atoms with Gasteiger partial charge in [-0.3, -0.25) is 9.89 Å². The van der Waals surface area contributed by atoms with Crippen LogP contribution >= 0.6 is 12.4 Å². The average Bonchev–Trinajstić information content (AvgIpc) is 2.68. The van der Waals surface area contributed by atoms with Crippen molar-refractivity contribution in [2.75, 3.05) is 0 Å². The van der Waals surface area contributed by atoms with E-state index in [9.17, 15) is 4.79 Å². The van der Waals surface area contributed by atoms with Gasteiger partial charge in [0.1, 0.15) is 5.69 Å². The number of rotatable bonds is 2. The standard InChI is InChI=1S/C10H9N3O.ClH/c11-10(14)9-6-8(12-13-9)7-4-2-1-3-5-7;/h1-6H,(H2,11,14)(H,12,13);1H. The van der Waals surface area contributed by atoms with Crippen LogP contribution in [-0.2, 0) is 0 Å². The lowest BCUT2D eigenvalue weighted by Gasteiger charge is -1.92. The van der Waals surface area contributed by atoms with Gasteiger partial charge in [-0.25, -0.2) is 0 Å². The molecule has 1 amide bonds. The number of nitrogens with one attached hydrogen (secondary N) is 1. The molecule has 0 saturated carbocycles. The van der Waals surface area contributed by atoms with Crippen molar-refractivity contribution in [1.82, 2.24) is 10.2 Å². The number of aromatic amines is 1. The summed E-state index contributed by atoms with van der Waals surface area (Å²) in [7, 11) is 0. The molecule has 1 aromatic carbocycles. The Balaban J connectivity index is 0.00000112. The minimum atomic E-state index is -0.500. The van der Waals surface area contributed by atoms with Gasteiger partial charge in [-0.1, -0.05) is 30.3 Å². The van der Waals surface area contributed by atoms with Gasteiger partial charge in [-0.05, 0) is 6.07 Å². The lowest BCUT2D eigenvalue weighted by molar-refractivity contribution is 0.0995. The van der Waals surface area contributed by atoms with Crippen molar-refractivity contribution in [2.45, 2.75) is 0 Å². The number of hydrogen-bond donors (Lipinski definition) is 2. The van der Waals surface area contributed by atoms with E-state index in [2.05, 4.69) is 10.2 Å². The Morgan fingerprint density at radius 1 is 1.27 bits per heavy atom. The van der Waals surface area contributed by atoms with E-state index in [1.54, 1.807) is 6.07 Å². The van der Waals surface area contributed by atoms with Gasteiger partial charge in [-0.2, -0.15) is 5.10 Å². The van der Waals surface area contributed by atoms with Gasteiger partial charge >= 0.3 is 0 Å². The molecule has 0 bridgehead atoms. The molecule has 2 rings (SSSR count). The molecule has 5 heteroatoms. The topological polar surface area (TPSA) is 71.8 Å². The molecule has 0 aliphatic carbocycles. The fraction of sp³-hybridized carbons (Fsp3) is 0. The molecule has 0 radical (unpaired) electrons. The van der Waals surface area contributed by atoms with Crippen molar-refractivity contribution in [2.24, 2.45) is 5.73 Å². The van der Waals surface area contributed by atoms with Crippen LogP contribution in [0.2, 0.25) is 0 Å². The van der Waals surface area contributed by atoms with E-state index >= 15 is 0 Å². The second-order valence-corrected chi connectivity index (χ2v) is 2.90. The number of nitrogens with zero attached hydrogens (tertiary/aromatic N) is 1. The van der Waals surface area contributed by atoms with E-state index < -0.39 is 5.91 Å². The van der Waals surface area contributed by atoms with Crippen molar-refractivity contribution in [3.8, 4) is 11.3 Å². The number of amides is 1. The van der Waals surface area contributed by atoms with E-state index in [1.165, 1.54) is 0 Å². The van der Waals surface area contributed by atoms with E-state index in [4.69, 9.17) is 5.73 Å². The summed E-state index contributed by atoms with van der Waals surface area (Å²) in [6.07, 6.45) is 0. The molecule has 0 fully saturated rings. The van der Waals surface area contributed by atoms with Crippen molar-refractivity contribution >= 4 is 18.3 Å². The number of aromatic nitrogens is 2. The van der Waals surface area contributed by atoms with Crippen LogP contribution in [0.3, 0.4) is 0 Å². The minimum absolute atomic E-state index is 0. The SMILES string of the molecule is Cl.NC(=O)c1cc(-c2ccccc2)n[nH]1. The maximum Gasteiger partial charge on any atom is 0.266 e. The average molecular weight is 224 g/mol. The first-order chi connectivity index (χ1) is 6.77. The second-order valence-electron chi connectivity index (χ2n) is 2.90. The number of primary amides is 1. The summed E-state index contributed by atoms with van der Waals surface area (Å²) in [6.45, 7) is 0. The summed E-state index contributed by atoms with van der Waals surface area (Å²) in [5, 5.41) is 6.56. The largest absolute Gasteiger partial charge is 0.364 e. The van der Waals surface area contributed by atoms with Crippen molar-refractivity contribution in [3.63, 3.8) is 0 Å². The zero-order valence-corrected chi connectivity index (χ0v) is 8.62. The third kappa shape index (κ3) is 2.35. The predicted octanol–water partition coefficient (Wildman–Crippen LogP) is 1.60. The number of hydrogen-bond acceptors (Lipinski definition) is 2. The Morgan fingerprint density at radius 3 is 2.47 bits per heavy atom. The first kappa shape index (κ1) is 11.3. The first-order valence-electron chi connectivity index (χ1n) is 4.18. The summed E-state index contributed by atoms with van der Waals surface area (Å²) in [5.41, 5.74) is 7.09. The third-order valence-electron chi connectivity index (χ3n) is 1.91. The fourth-order valence-electron chi connectivity index (χ4n) is 1.20. The molecular formula is C10H10ClN3O. The highest BCUT2D eigenvalue weighted by atomic mass is 35.5. The monoisotopic (exact) mass is 223 g/mol. The van der Waals surface area contributed by atoms with Gasteiger partial charge < -0.3 is 5.73 Å². The highest BCUT2D eigenvalue weighted by molar-refractivity contribution is 5.91. The summed E-state index contributed by atoms with van der Waals surface area (Å²) in [4.78, 5) is 10.8. The molecule has 1 heterocycles. The number of carbonyl (C=O) groups is 1. The number of H-pyrrole nitrogens is 1. The van der Waals surface area contributed by atoms with Crippen LogP contribution in [0.15, 0.2) is 36.4 Å².